The Bertz CT molecular complexity index is 1170. The lowest BCUT2D eigenvalue weighted by Gasteiger charge is -2.28. The van der Waals surface area contributed by atoms with E-state index in [9.17, 15) is 23.5 Å². The van der Waals surface area contributed by atoms with Crippen molar-refractivity contribution in [3.05, 3.63) is 11.6 Å². The van der Waals surface area contributed by atoms with Gasteiger partial charge in [-0.25, -0.2) is 18.7 Å². The van der Waals surface area contributed by atoms with Gasteiger partial charge in [0.2, 0.25) is 5.28 Å². The molecule has 186 valence electrons. The van der Waals surface area contributed by atoms with Gasteiger partial charge in [0.1, 0.15) is 5.52 Å². The van der Waals surface area contributed by atoms with Crippen LogP contribution in [0.3, 0.4) is 0 Å². The molecule has 4 atom stereocenters. The number of nitrogens with zero attached hydrogens (tertiary/aromatic N) is 4. The van der Waals surface area contributed by atoms with Gasteiger partial charge in [0.15, 0.2) is 11.5 Å². The molecule has 0 amide bonds. The summed E-state index contributed by atoms with van der Waals surface area (Å²) in [5.41, 5.74) is 6.18. The number of imidazole rings is 1. The van der Waals surface area contributed by atoms with Crippen molar-refractivity contribution in [1.29, 1.82) is 0 Å². The van der Waals surface area contributed by atoms with E-state index in [-0.39, 0.29) is 23.6 Å². The van der Waals surface area contributed by atoms with E-state index in [0.29, 0.717) is 37.0 Å². The second kappa shape index (κ2) is 9.60. The van der Waals surface area contributed by atoms with Gasteiger partial charge in [0, 0.05) is 6.54 Å². The zero-order chi connectivity index (χ0) is 24.7. The van der Waals surface area contributed by atoms with Crippen molar-refractivity contribution in [2.45, 2.75) is 39.2 Å². The number of fused-ring (bicyclic) bond motifs is 1. The fraction of sp³-hybridized carbons (Fsp3) is 0.643. The summed E-state index contributed by atoms with van der Waals surface area (Å²) in [7, 11) is -16.2. The lowest BCUT2D eigenvalue weighted by Crippen LogP contribution is -2.23. The van der Waals surface area contributed by atoms with Crippen molar-refractivity contribution >= 4 is 52.1 Å². The maximum Gasteiger partial charge on any atom is 0.490 e. The Morgan fingerprint density at radius 3 is 2.55 bits per heavy atom. The lowest BCUT2D eigenvalue weighted by atomic mass is 9.83. The molecule has 2 heterocycles. The minimum absolute atomic E-state index is 0.00734. The van der Waals surface area contributed by atoms with Gasteiger partial charge in [0.25, 0.3) is 0 Å². The van der Waals surface area contributed by atoms with Crippen LogP contribution in [0.5, 0.6) is 0 Å². The van der Waals surface area contributed by atoms with Crippen LogP contribution in [0.4, 0.5) is 5.82 Å². The second-order valence-electron chi connectivity index (χ2n) is 7.77. The van der Waals surface area contributed by atoms with Crippen LogP contribution in [-0.2, 0) is 33.4 Å². The highest BCUT2D eigenvalue weighted by Gasteiger charge is 2.44. The first-order chi connectivity index (χ1) is 15.1. The Morgan fingerprint density at radius 1 is 1.21 bits per heavy atom. The van der Waals surface area contributed by atoms with Gasteiger partial charge in [-0.15, -0.1) is 0 Å². The van der Waals surface area contributed by atoms with Gasteiger partial charge in [-0.2, -0.15) is 18.6 Å². The van der Waals surface area contributed by atoms with Gasteiger partial charge in [0.05, 0.1) is 12.9 Å². The topological polar surface area (TPSA) is 229 Å². The molecule has 6 N–H and O–H groups in total. The Morgan fingerprint density at radius 2 is 1.91 bits per heavy atom. The van der Waals surface area contributed by atoms with Gasteiger partial charge in [-0.1, -0.05) is 6.92 Å². The number of hydrogen-bond acceptors (Lipinski definition) is 10. The summed E-state index contributed by atoms with van der Waals surface area (Å²) < 4.78 is 48.5. The third-order valence-corrected chi connectivity index (χ3v) is 9.37. The lowest BCUT2D eigenvalue weighted by molar-refractivity contribution is 0.0988. The first-order valence-corrected chi connectivity index (χ1v) is 14.4. The summed E-state index contributed by atoms with van der Waals surface area (Å²) in [5, 5.41) is -0.00734. The van der Waals surface area contributed by atoms with E-state index in [1.54, 1.807) is 10.9 Å². The molecule has 0 aromatic carbocycles. The van der Waals surface area contributed by atoms with E-state index in [4.69, 9.17) is 31.6 Å². The molecule has 19 heteroatoms. The van der Waals surface area contributed by atoms with E-state index in [1.165, 1.54) is 0 Å². The van der Waals surface area contributed by atoms with Crippen molar-refractivity contribution in [2.24, 2.45) is 11.3 Å². The Kier molecular flexibility index (Phi) is 7.75. The summed E-state index contributed by atoms with van der Waals surface area (Å²) in [6.07, 6.45) is 4.07. The molecule has 0 bridgehead atoms. The first kappa shape index (κ1) is 26.7. The predicted octanol–water partition coefficient (Wildman–Crippen LogP) is 2.60. The number of hydrogen-bond donors (Lipinski definition) is 5. The third kappa shape index (κ3) is 7.03. The van der Waals surface area contributed by atoms with E-state index in [0.717, 1.165) is 6.42 Å². The van der Waals surface area contributed by atoms with Crippen LogP contribution in [0, 0.1) is 11.3 Å². The number of phosphoric ester groups is 1. The van der Waals surface area contributed by atoms with Gasteiger partial charge < -0.3 is 29.9 Å². The normalized spacial score (nSPS) is 25.2. The molecule has 1 saturated carbocycles. The van der Waals surface area contributed by atoms with Crippen LogP contribution in [-0.4, -0.2) is 45.7 Å². The van der Waals surface area contributed by atoms with Crippen molar-refractivity contribution in [3.63, 3.8) is 0 Å². The first-order valence-electron chi connectivity index (χ1n) is 9.55. The van der Waals surface area contributed by atoms with Crippen LogP contribution in [0.25, 0.3) is 11.2 Å². The van der Waals surface area contributed by atoms with Gasteiger partial charge in [-0.3, -0.25) is 4.52 Å². The monoisotopic (exact) mass is 549 g/mol. The standard InChI is InChI=1S/C14H23ClN5O10P3/c1-2-14(7-28-32(24,25)30-33(26,27)29-31(21,22)23)4-3-9(5-14)6-20-8-17-10-11(16)18-13(15)19-12(10)20/h8-9H,2-7H2,1H3,(H,24,25)(H,26,27)(H2,16,18,19)(H2,21,22,23)/t9-,14+/m0/s1. The number of nitrogens with two attached hydrogens (primary N) is 1. The Hall–Kier alpha value is -0.950. The van der Waals surface area contributed by atoms with Crippen LogP contribution in [0.15, 0.2) is 6.33 Å². The highest BCUT2D eigenvalue weighted by Crippen LogP contribution is 2.66. The molecule has 2 aromatic rings. The summed E-state index contributed by atoms with van der Waals surface area (Å²) in [4.78, 5) is 48.5. The molecule has 0 saturated heterocycles. The number of anilines is 1. The molecule has 0 aliphatic heterocycles. The zero-order valence-corrected chi connectivity index (χ0v) is 20.7. The summed E-state index contributed by atoms with van der Waals surface area (Å²) >= 11 is 5.89. The minimum Gasteiger partial charge on any atom is -0.382 e. The number of halogens is 1. The van der Waals surface area contributed by atoms with Crippen LogP contribution < -0.4 is 5.73 Å². The average molecular weight is 550 g/mol. The van der Waals surface area contributed by atoms with Crippen molar-refractivity contribution < 1.29 is 46.4 Å². The van der Waals surface area contributed by atoms with E-state index >= 15 is 0 Å². The summed E-state index contributed by atoms with van der Waals surface area (Å²) in [6.45, 7) is 2.08. The third-order valence-electron chi connectivity index (χ3n) is 5.42. The molecular formula is C14H23ClN5O10P3. The van der Waals surface area contributed by atoms with Crippen LogP contribution in [0.1, 0.15) is 32.6 Å². The van der Waals surface area contributed by atoms with Crippen molar-refractivity contribution in [3.8, 4) is 0 Å². The molecule has 1 fully saturated rings. The zero-order valence-electron chi connectivity index (χ0n) is 17.2. The van der Waals surface area contributed by atoms with Crippen LogP contribution >= 0.6 is 35.1 Å². The number of aromatic nitrogens is 4. The molecule has 2 aromatic heterocycles. The maximum absolute atomic E-state index is 12.1. The Balaban J connectivity index is 1.64. The molecule has 0 spiro atoms. The molecule has 33 heavy (non-hydrogen) atoms. The fourth-order valence-corrected chi connectivity index (χ4v) is 7.21. The van der Waals surface area contributed by atoms with Crippen LogP contribution in [0.2, 0.25) is 5.28 Å². The molecule has 15 nitrogen and oxygen atoms in total. The molecular weight excluding hydrogens is 527 g/mol. The molecule has 1 aliphatic rings. The number of nitrogen functional groups attached to an aromatic ring is 1. The molecule has 1 aliphatic carbocycles. The van der Waals surface area contributed by atoms with Crippen molar-refractivity contribution in [1.82, 2.24) is 19.5 Å². The van der Waals surface area contributed by atoms with E-state index < -0.39 is 28.9 Å². The average Bonchev–Trinajstić information content (AvgIpc) is 3.23. The smallest absolute Gasteiger partial charge is 0.382 e. The Labute approximate surface area is 192 Å². The quantitative estimate of drug-likeness (QED) is 0.212. The summed E-state index contributed by atoms with van der Waals surface area (Å²) in [6, 6.07) is 0. The SMILES string of the molecule is CC[C@@]1(COP(=O)(O)OP(=O)(O)OP(=O)(O)O)CC[C@H](Cn2cnc3c(N)nc(Cl)nc32)C1. The van der Waals surface area contributed by atoms with E-state index in [1.807, 2.05) is 6.92 Å². The predicted molar refractivity (Wildman–Crippen MR) is 115 cm³/mol. The fourth-order valence-electron chi connectivity index (χ4n) is 3.91. The summed E-state index contributed by atoms with van der Waals surface area (Å²) in [5.74, 6) is 0.274. The van der Waals surface area contributed by atoms with Gasteiger partial charge in [-0.05, 0) is 48.6 Å². The molecule has 0 radical (unpaired) electrons. The number of phosphoric acid groups is 3. The highest BCUT2D eigenvalue weighted by molar-refractivity contribution is 7.66. The van der Waals surface area contributed by atoms with Gasteiger partial charge >= 0.3 is 23.5 Å². The molecule has 3 rings (SSSR count). The number of rotatable bonds is 10. The van der Waals surface area contributed by atoms with Crippen molar-refractivity contribution in [2.75, 3.05) is 12.3 Å². The molecule has 2 unspecified atom stereocenters. The van der Waals surface area contributed by atoms with E-state index in [2.05, 4.69) is 23.6 Å². The minimum atomic E-state index is -5.55. The highest BCUT2D eigenvalue weighted by atomic mass is 35.5. The second-order valence-corrected chi connectivity index (χ2v) is 12.5. The maximum atomic E-state index is 12.1. The largest absolute Gasteiger partial charge is 0.490 e.